The van der Waals surface area contributed by atoms with Crippen LogP contribution < -0.4 is 10.2 Å². The molecule has 0 bridgehead atoms. The lowest BCUT2D eigenvalue weighted by Gasteiger charge is -2.21. The number of esters is 1. The monoisotopic (exact) mass is 423 g/mol. The Hall–Kier alpha value is -3.52. The van der Waals surface area contributed by atoms with E-state index in [1.54, 1.807) is 48.8 Å². The zero-order chi connectivity index (χ0) is 21.5. The summed E-state index contributed by atoms with van der Waals surface area (Å²) >= 11 is 1.22. The van der Waals surface area contributed by atoms with Gasteiger partial charge in [0.25, 0.3) is 11.8 Å². The van der Waals surface area contributed by atoms with Crippen molar-refractivity contribution in [1.29, 1.82) is 0 Å². The van der Waals surface area contributed by atoms with Crippen LogP contribution in [0.2, 0.25) is 0 Å². The van der Waals surface area contributed by atoms with Crippen LogP contribution in [-0.4, -0.2) is 35.9 Å². The molecule has 0 aliphatic heterocycles. The van der Waals surface area contributed by atoms with Crippen molar-refractivity contribution >= 4 is 39.9 Å². The van der Waals surface area contributed by atoms with Gasteiger partial charge in [0.15, 0.2) is 11.2 Å². The summed E-state index contributed by atoms with van der Waals surface area (Å²) in [6.07, 6.45) is -1.02. The first-order valence-electron chi connectivity index (χ1n) is 9.27. The summed E-state index contributed by atoms with van der Waals surface area (Å²) in [7, 11) is 1.63. The Morgan fingerprint density at radius 2 is 1.70 bits per heavy atom. The Balaban J connectivity index is 1.52. The van der Waals surface area contributed by atoms with Crippen LogP contribution in [0.3, 0.4) is 0 Å². The highest BCUT2D eigenvalue weighted by Crippen LogP contribution is 2.18. The fraction of sp³-hybridized carbons (Fsp3) is 0.182. The molecule has 1 aromatic heterocycles. The van der Waals surface area contributed by atoms with E-state index in [0.717, 1.165) is 0 Å². The van der Waals surface area contributed by atoms with Crippen molar-refractivity contribution in [3.8, 4) is 0 Å². The maximum absolute atomic E-state index is 12.5. The predicted molar refractivity (Wildman–Crippen MR) is 116 cm³/mol. The molecule has 0 spiro atoms. The summed E-state index contributed by atoms with van der Waals surface area (Å²) < 4.78 is 5.27. The normalized spacial score (nSPS) is 11.4. The molecule has 30 heavy (non-hydrogen) atoms. The molecule has 0 saturated carbocycles. The van der Waals surface area contributed by atoms with E-state index in [-0.39, 0.29) is 18.2 Å². The van der Waals surface area contributed by atoms with Gasteiger partial charge in [-0.3, -0.25) is 19.7 Å². The maximum Gasteiger partial charge on any atom is 0.312 e. The lowest BCUT2D eigenvalue weighted by molar-refractivity contribution is -0.153. The Kier molecular flexibility index (Phi) is 6.92. The Morgan fingerprint density at radius 1 is 1.07 bits per heavy atom. The van der Waals surface area contributed by atoms with Gasteiger partial charge in [0.2, 0.25) is 0 Å². The second kappa shape index (κ2) is 9.80. The van der Waals surface area contributed by atoms with Crippen molar-refractivity contribution < 1.29 is 19.1 Å². The molecular weight excluding hydrogens is 402 g/mol. The fourth-order valence-corrected chi connectivity index (χ4v) is 3.40. The lowest BCUT2D eigenvalue weighted by Crippen LogP contribution is -2.37. The van der Waals surface area contributed by atoms with Crippen molar-refractivity contribution in [3.05, 3.63) is 77.3 Å². The summed E-state index contributed by atoms with van der Waals surface area (Å²) in [5.74, 6) is -1.17. The molecule has 3 aromatic rings. The smallest absolute Gasteiger partial charge is 0.312 e. The number of amides is 2. The first-order valence-corrected chi connectivity index (χ1v) is 10.1. The molecule has 2 aromatic carbocycles. The van der Waals surface area contributed by atoms with Crippen LogP contribution in [0.4, 0.5) is 10.8 Å². The van der Waals surface area contributed by atoms with Crippen molar-refractivity contribution in [3.63, 3.8) is 0 Å². The van der Waals surface area contributed by atoms with E-state index < -0.39 is 12.1 Å². The zero-order valence-corrected chi connectivity index (χ0v) is 17.4. The van der Waals surface area contributed by atoms with E-state index in [4.69, 9.17) is 4.74 Å². The molecule has 1 N–H and O–H groups in total. The van der Waals surface area contributed by atoms with E-state index in [1.165, 1.54) is 23.2 Å². The number of rotatable bonds is 7. The Morgan fingerprint density at radius 3 is 2.37 bits per heavy atom. The number of carbonyl (C=O) groups is 3. The van der Waals surface area contributed by atoms with Gasteiger partial charge >= 0.3 is 5.97 Å². The molecule has 8 heteroatoms. The minimum absolute atomic E-state index is 0.0929. The van der Waals surface area contributed by atoms with Crippen LogP contribution in [0.1, 0.15) is 23.0 Å². The third-order valence-electron chi connectivity index (χ3n) is 4.26. The summed E-state index contributed by atoms with van der Waals surface area (Å²) in [6, 6.07) is 17.9. The number of nitrogens with one attached hydrogen (secondary N) is 1. The predicted octanol–water partition coefficient (Wildman–Crippen LogP) is 3.53. The highest BCUT2D eigenvalue weighted by Gasteiger charge is 2.23. The van der Waals surface area contributed by atoms with E-state index in [1.807, 2.05) is 24.3 Å². The van der Waals surface area contributed by atoms with Crippen molar-refractivity contribution in [2.45, 2.75) is 19.4 Å². The van der Waals surface area contributed by atoms with Gasteiger partial charge in [-0.1, -0.05) is 36.4 Å². The molecule has 0 aliphatic carbocycles. The zero-order valence-electron chi connectivity index (χ0n) is 16.6. The molecule has 2 amide bonds. The first-order chi connectivity index (χ1) is 14.4. The first kappa shape index (κ1) is 21.2. The summed E-state index contributed by atoms with van der Waals surface area (Å²) in [6.45, 7) is 1.53. The van der Waals surface area contributed by atoms with E-state index in [0.29, 0.717) is 22.1 Å². The third-order valence-corrected chi connectivity index (χ3v) is 5.07. The van der Waals surface area contributed by atoms with Crippen LogP contribution in [0.5, 0.6) is 0 Å². The molecule has 0 saturated heterocycles. The maximum atomic E-state index is 12.5. The number of ether oxygens (including phenoxy) is 1. The van der Waals surface area contributed by atoms with Crippen LogP contribution >= 0.6 is 11.3 Å². The van der Waals surface area contributed by atoms with Crippen LogP contribution in [0.25, 0.3) is 0 Å². The van der Waals surface area contributed by atoms with Gasteiger partial charge in [-0.2, -0.15) is 0 Å². The molecule has 7 nitrogen and oxygen atoms in total. The number of nitrogens with zero attached hydrogens (tertiary/aromatic N) is 2. The van der Waals surface area contributed by atoms with Gasteiger partial charge < -0.3 is 9.64 Å². The lowest BCUT2D eigenvalue weighted by atomic mass is 10.2. The van der Waals surface area contributed by atoms with E-state index >= 15 is 0 Å². The molecule has 0 aliphatic rings. The molecule has 0 radical (unpaired) electrons. The molecule has 3 rings (SSSR count). The van der Waals surface area contributed by atoms with Crippen molar-refractivity contribution in [2.24, 2.45) is 0 Å². The number of aromatic nitrogens is 1. The van der Waals surface area contributed by atoms with Gasteiger partial charge in [-0.15, -0.1) is 11.3 Å². The van der Waals surface area contributed by atoms with Crippen LogP contribution in [-0.2, 0) is 20.7 Å². The van der Waals surface area contributed by atoms with Crippen LogP contribution in [0.15, 0.2) is 66.0 Å². The molecule has 1 atom stereocenters. The van der Waals surface area contributed by atoms with Gasteiger partial charge in [0.1, 0.15) is 0 Å². The molecule has 1 heterocycles. The summed E-state index contributed by atoms with van der Waals surface area (Å²) in [5.41, 5.74) is 1.69. The second-order valence-electron chi connectivity index (χ2n) is 6.51. The fourth-order valence-electron chi connectivity index (χ4n) is 2.69. The molecule has 1 unspecified atom stereocenters. The average Bonchev–Trinajstić information content (AvgIpc) is 3.20. The van der Waals surface area contributed by atoms with Gasteiger partial charge in [-0.25, -0.2) is 4.98 Å². The number of hydrogen-bond donors (Lipinski definition) is 1. The highest BCUT2D eigenvalue weighted by atomic mass is 32.1. The van der Waals surface area contributed by atoms with Gasteiger partial charge in [0.05, 0.1) is 12.1 Å². The van der Waals surface area contributed by atoms with Crippen LogP contribution in [0, 0.1) is 0 Å². The van der Waals surface area contributed by atoms with E-state index in [9.17, 15) is 14.4 Å². The topological polar surface area (TPSA) is 88.6 Å². The number of para-hydroxylation sites is 1. The van der Waals surface area contributed by atoms with Gasteiger partial charge in [-0.05, 0) is 31.2 Å². The average molecular weight is 423 g/mol. The number of anilines is 2. The van der Waals surface area contributed by atoms with E-state index in [2.05, 4.69) is 10.3 Å². The third kappa shape index (κ3) is 5.51. The largest absolute Gasteiger partial charge is 0.452 e. The second-order valence-corrected chi connectivity index (χ2v) is 7.36. The number of likely N-dealkylation sites (N-methyl/N-ethyl adjacent to an activating group) is 1. The summed E-state index contributed by atoms with van der Waals surface area (Å²) in [4.78, 5) is 42.6. The van der Waals surface area contributed by atoms with Crippen molar-refractivity contribution in [2.75, 3.05) is 17.3 Å². The molecule has 0 fully saturated rings. The Labute approximate surface area is 178 Å². The highest BCUT2D eigenvalue weighted by molar-refractivity contribution is 7.14. The minimum Gasteiger partial charge on any atom is -0.452 e. The summed E-state index contributed by atoms with van der Waals surface area (Å²) in [5, 5.41) is 4.76. The van der Waals surface area contributed by atoms with Crippen molar-refractivity contribution in [1.82, 2.24) is 4.98 Å². The van der Waals surface area contributed by atoms with Gasteiger partial charge in [0, 0.05) is 23.7 Å². The SMILES string of the molecule is CC(OC(=O)Cc1csc(NC(=O)c2ccccc2)n1)C(=O)N(C)c1ccccc1. The molecular formula is C22H21N3O4S. The number of hydrogen-bond acceptors (Lipinski definition) is 6. The number of benzene rings is 2. The number of thiazole rings is 1. The Bertz CT molecular complexity index is 1020. The minimum atomic E-state index is -0.932. The quantitative estimate of drug-likeness (QED) is 0.587. The number of carbonyl (C=O) groups excluding carboxylic acids is 3. The standard InChI is InChI=1S/C22H21N3O4S/c1-15(21(28)25(2)18-11-7-4-8-12-18)29-19(26)13-17-14-30-22(23-17)24-20(27)16-9-5-3-6-10-16/h3-12,14-15H,13H2,1-2H3,(H,23,24,27). The molecule has 154 valence electrons.